The van der Waals surface area contributed by atoms with Gasteiger partial charge in [-0.3, -0.25) is 19.3 Å². The molecule has 1 aliphatic rings. The predicted molar refractivity (Wildman–Crippen MR) is 137 cm³/mol. The number of carbonyl (C=O) groups is 3. The summed E-state index contributed by atoms with van der Waals surface area (Å²) in [5, 5.41) is 2.29. The van der Waals surface area contributed by atoms with Crippen molar-refractivity contribution in [3.63, 3.8) is 0 Å². The van der Waals surface area contributed by atoms with E-state index in [9.17, 15) is 14.4 Å². The van der Waals surface area contributed by atoms with Crippen LogP contribution in [0.15, 0.2) is 39.7 Å². The average Bonchev–Trinajstić information content (AvgIpc) is 3.03. The number of nitrogens with zero attached hydrogens (tertiary/aromatic N) is 1. The summed E-state index contributed by atoms with van der Waals surface area (Å²) in [6, 6.07) is 9.08. The lowest BCUT2D eigenvalue weighted by Crippen LogP contribution is -2.36. The van der Waals surface area contributed by atoms with E-state index in [0.717, 1.165) is 27.8 Å². The number of benzene rings is 2. The molecule has 2 aromatic carbocycles. The van der Waals surface area contributed by atoms with Gasteiger partial charge in [0.2, 0.25) is 5.91 Å². The van der Waals surface area contributed by atoms with E-state index in [4.69, 9.17) is 15.9 Å². The second-order valence-electron chi connectivity index (χ2n) is 7.34. The fraction of sp³-hybridized carbons (Fsp3) is 0.240. The Kier molecular flexibility index (Phi) is 8.42. The Morgan fingerprint density at radius 3 is 2.59 bits per heavy atom. The highest BCUT2D eigenvalue weighted by molar-refractivity contribution is 9.10. The van der Waals surface area contributed by atoms with Gasteiger partial charge >= 0.3 is 0 Å². The number of aryl methyl sites for hydroxylation is 2. The van der Waals surface area contributed by atoms with Gasteiger partial charge in [0.05, 0.1) is 16.0 Å². The zero-order valence-electron chi connectivity index (χ0n) is 18.9. The number of anilines is 1. The smallest absolute Gasteiger partial charge is 0.294 e. The van der Waals surface area contributed by atoms with Gasteiger partial charge in [-0.2, -0.15) is 0 Å². The van der Waals surface area contributed by atoms with Crippen LogP contribution in [0, 0.1) is 26.2 Å². The monoisotopic (exact) mass is 542 g/mol. The van der Waals surface area contributed by atoms with Crippen molar-refractivity contribution < 1.29 is 23.9 Å². The predicted octanol–water partition coefficient (Wildman–Crippen LogP) is 5.15. The first-order valence-electron chi connectivity index (χ1n) is 10.4. The lowest BCUT2D eigenvalue weighted by atomic mass is 10.1. The molecule has 0 spiro atoms. The van der Waals surface area contributed by atoms with Crippen LogP contribution in [0.25, 0.3) is 6.08 Å². The molecule has 0 aromatic heterocycles. The molecule has 1 N–H and O–H groups in total. The van der Waals surface area contributed by atoms with Crippen LogP contribution in [0.5, 0.6) is 11.5 Å². The van der Waals surface area contributed by atoms with Crippen molar-refractivity contribution in [2.45, 2.75) is 20.8 Å². The molecule has 9 heteroatoms. The van der Waals surface area contributed by atoms with Crippen molar-refractivity contribution in [2.75, 3.05) is 25.1 Å². The van der Waals surface area contributed by atoms with Crippen LogP contribution in [0.4, 0.5) is 10.5 Å². The summed E-state index contributed by atoms with van der Waals surface area (Å²) in [6.07, 6.45) is 6.85. The molecule has 176 valence electrons. The third-order valence-corrected chi connectivity index (χ3v) is 6.35. The first kappa shape index (κ1) is 25.4. The number of imide groups is 1. The van der Waals surface area contributed by atoms with Crippen molar-refractivity contribution >= 4 is 56.5 Å². The topological polar surface area (TPSA) is 84.9 Å². The lowest BCUT2D eigenvalue weighted by Gasteiger charge is -2.15. The van der Waals surface area contributed by atoms with Crippen LogP contribution in [0.3, 0.4) is 0 Å². The van der Waals surface area contributed by atoms with Gasteiger partial charge in [-0.25, -0.2) is 0 Å². The highest BCUT2D eigenvalue weighted by Gasteiger charge is 2.36. The van der Waals surface area contributed by atoms with E-state index in [1.165, 1.54) is 0 Å². The van der Waals surface area contributed by atoms with Gasteiger partial charge in [-0.15, -0.1) is 6.42 Å². The van der Waals surface area contributed by atoms with Gasteiger partial charge in [-0.05, 0) is 83.4 Å². The molecule has 7 nitrogen and oxygen atoms in total. The molecule has 0 saturated carbocycles. The molecule has 34 heavy (non-hydrogen) atoms. The number of hydrogen-bond donors (Lipinski definition) is 1. The van der Waals surface area contributed by atoms with Crippen molar-refractivity contribution in [1.29, 1.82) is 0 Å². The quantitative estimate of drug-likeness (QED) is 0.366. The first-order valence-corrected chi connectivity index (χ1v) is 12.0. The van der Waals surface area contributed by atoms with Crippen molar-refractivity contribution in [3.8, 4) is 23.8 Å². The van der Waals surface area contributed by atoms with Gasteiger partial charge in [0.25, 0.3) is 11.1 Å². The number of para-hydroxylation sites is 1. The summed E-state index contributed by atoms with van der Waals surface area (Å²) < 4.78 is 11.8. The number of ether oxygens (including phenoxy) is 2. The number of carbonyl (C=O) groups excluding carboxylic acids is 3. The van der Waals surface area contributed by atoms with Crippen molar-refractivity contribution in [2.24, 2.45) is 0 Å². The van der Waals surface area contributed by atoms with Crippen LogP contribution >= 0.6 is 27.7 Å². The van der Waals surface area contributed by atoms with Crippen LogP contribution in [-0.2, 0) is 9.59 Å². The molecule has 3 amide bonds. The number of hydrogen-bond acceptors (Lipinski definition) is 6. The highest BCUT2D eigenvalue weighted by Crippen LogP contribution is 2.39. The standard InChI is InChI=1S/C25H23BrN2O5S/c1-5-10-33-23-18(26)11-17(12-19(23)32-6-2)13-20-24(30)28(25(31)34-20)14-21(29)27-22-15(3)8-7-9-16(22)4/h1,7-9,11-13H,6,10,14H2,2-4H3,(H,27,29)/b20-13-. The molecule has 0 unspecified atom stereocenters. The number of terminal acetylenes is 1. The Bertz CT molecular complexity index is 1200. The number of nitrogens with one attached hydrogen (secondary N) is 1. The summed E-state index contributed by atoms with van der Waals surface area (Å²) in [5.74, 6) is 2.33. The Morgan fingerprint density at radius 2 is 1.94 bits per heavy atom. The molecule has 0 bridgehead atoms. The number of rotatable bonds is 8. The molecule has 0 radical (unpaired) electrons. The minimum atomic E-state index is -0.534. The van der Waals surface area contributed by atoms with Gasteiger partial charge in [0.15, 0.2) is 11.5 Å². The van der Waals surface area contributed by atoms with E-state index >= 15 is 0 Å². The Labute approximate surface area is 211 Å². The third kappa shape index (κ3) is 5.82. The molecular weight excluding hydrogens is 520 g/mol. The van der Waals surface area contributed by atoms with Gasteiger partial charge < -0.3 is 14.8 Å². The van der Waals surface area contributed by atoms with Gasteiger partial charge in [0.1, 0.15) is 13.2 Å². The zero-order valence-corrected chi connectivity index (χ0v) is 21.3. The molecule has 3 rings (SSSR count). The fourth-order valence-electron chi connectivity index (χ4n) is 3.31. The summed E-state index contributed by atoms with van der Waals surface area (Å²) in [7, 11) is 0. The van der Waals surface area contributed by atoms with Crippen LogP contribution < -0.4 is 14.8 Å². The van der Waals surface area contributed by atoms with E-state index in [1.54, 1.807) is 18.2 Å². The second-order valence-corrected chi connectivity index (χ2v) is 9.19. The van der Waals surface area contributed by atoms with E-state index < -0.39 is 17.1 Å². The summed E-state index contributed by atoms with van der Waals surface area (Å²) in [5.41, 5.74) is 3.09. The van der Waals surface area contributed by atoms with E-state index in [1.807, 2.05) is 39.0 Å². The number of amides is 3. The molecule has 1 heterocycles. The molecule has 0 aliphatic carbocycles. The largest absolute Gasteiger partial charge is 0.490 e. The minimum Gasteiger partial charge on any atom is -0.490 e. The van der Waals surface area contributed by atoms with Crippen LogP contribution in [0.1, 0.15) is 23.6 Å². The van der Waals surface area contributed by atoms with E-state index in [0.29, 0.717) is 33.8 Å². The molecule has 1 saturated heterocycles. The molecule has 1 aliphatic heterocycles. The Balaban J connectivity index is 1.79. The number of thioether (sulfide) groups is 1. The SMILES string of the molecule is C#CCOc1c(Br)cc(/C=C2\SC(=O)N(CC(=O)Nc3c(C)cccc3C)C2=O)cc1OCC. The minimum absolute atomic E-state index is 0.0704. The zero-order chi connectivity index (χ0) is 24.8. The van der Waals surface area contributed by atoms with E-state index in [2.05, 4.69) is 27.2 Å². The normalized spacial score (nSPS) is 14.3. The van der Waals surface area contributed by atoms with Crippen molar-refractivity contribution in [3.05, 3.63) is 56.4 Å². The van der Waals surface area contributed by atoms with Crippen molar-refractivity contribution in [1.82, 2.24) is 4.90 Å². The van der Waals surface area contributed by atoms with Gasteiger partial charge in [0, 0.05) is 5.69 Å². The summed E-state index contributed by atoms with van der Waals surface area (Å²) >= 11 is 4.22. The maximum atomic E-state index is 12.9. The molecule has 1 fully saturated rings. The molecule has 2 aromatic rings. The molecule has 0 atom stereocenters. The lowest BCUT2D eigenvalue weighted by molar-refractivity contribution is -0.127. The second kappa shape index (κ2) is 11.3. The number of halogens is 1. The first-order chi connectivity index (χ1) is 16.2. The maximum Gasteiger partial charge on any atom is 0.294 e. The summed E-state index contributed by atoms with van der Waals surface area (Å²) in [4.78, 5) is 39.1. The Hall–Kier alpha value is -3.22. The average molecular weight is 543 g/mol. The third-order valence-electron chi connectivity index (χ3n) is 4.85. The Morgan fingerprint density at radius 1 is 1.24 bits per heavy atom. The molecular formula is C25H23BrN2O5S. The summed E-state index contributed by atoms with van der Waals surface area (Å²) in [6.45, 7) is 5.68. The van der Waals surface area contributed by atoms with E-state index in [-0.39, 0.29) is 18.1 Å². The van der Waals surface area contributed by atoms with Crippen LogP contribution in [-0.4, -0.2) is 41.7 Å². The highest BCUT2D eigenvalue weighted by atomic mass is 79.9. The fourth-order valence-corrected chi connectivity index (χ4v) is 4.72. The maximum absolute atomic E-state index is 12.9. The van der Waals surface area contributed by atoms with Gasteiger partial charge in [-0.1, -0.05) is 24.1 Å². The van der Waals surface area contributed by atoms with Crippen LogP contribution in [0.2, 0.25) is 0 Å².